The van der Waals surface area contributed by atoms with Gasteiger partial charge in [0.1, 0.15) is 5.01 Å². The molecule has 0 radical (unpaired) electrons. The quantitative estimate of drug-likeness (QED) is 0.527. The molecule has 0 bridgehead atoms. The Kier molecular flexibility index (Phi) is 5.66. The SMILES string of the molecule is CCC(NC(=O)C(=O)NCC(N)=S)c1nccs1. The minimum Gasteiger partial charge on any atom is -0.392 e. The van der Waals surface area contributed by atoms with E-state index in [9.17, 15) is 9.59 Å². The van der Waals surface area contributed by atoms with E-state index in [1.807, 2.05) is 12.3 Å². The van der Waals surface area contributed by atoms with Gasteiger partial charge in [-0.15, -0.1) is 11.3 Å². The molecule has 1 heterocycles. The van der Waals surface area contributed by atoms with Gasteiger partial charge in [-0.2, -0.15) is 0 Å². The number of carbonyl (C=O) groups is 2. The van der Waals surface area contributed by atoms with Gasteiger partial charge >= 0.3 is 11.8 Å². The molecule has 8 heteroatoms. The Bertz CT molecular complexity index is 433. The molecule has 2 amide bonds. The van der Waals surface area contributed by atoms with Gasteiger partial charge < -0.3 is 16.4 Å². The number of thiocarbonyl (C=S) groups is 1. The van der Waals surface area contributed by atoms with E-state index in [2.05, 4.69) is 27.8 Å². The summed E-state index contributed by atoms with van der Waals surface area (Å²) in [4.78, 5) is 27.2. The van der Waals surface area contributed by atoms with Crippen molar-refractivity contribution in [2.24, 2.45) is 5.73 Å². The van der Waals surface area contributed by atoms with Crippen molar-refractivity contribution in [3.8, 4) is 0 Å². The standard InChI is InChI=1S/C10H14N4O2S2/c1-2-6(10-12-3-4-18-10)14-9(16)8(15)13-5-7(11)17/h3-4,6H,2,5H2,1H3,(H2,11,17)(H,13,15)(H,14,16). The van der Waals surface area contributed by atoms with Crippen molar-refractivity contribution < 1.29 is 9.59 Å². The Morgan fingerprint density at radius 3 is 2.78 bits per heavy atom. The zero-order valence-electron chi connectivity index (χ0n) is 9.80. The topological polar surface area (TPSA) is 97.1 Å². The minimum atomic E-state index is -0.752. The fourth-order valence-corrected chi connectivity index (χ4v) is 2.06. The molecule has 0 saturated carbocycles. The van der Waals surface area contributed by atoms with E-state index in [1.54, 1.807) is 6.20 Å². The number of hydrogen-bond acceptors (Lipinski definition) is 5. The van der Waals surface area contributed by atoms with Gasteiger partial charge in [0.2, 0.25) is 0 Å². The molecule has 98 valence electrons. The van der Waals surface area contributed by atoms with Crippen molar-refractivity contribution in [2.75, 3.05) is 6.54 Å². The summed E-state index contributed by atoms with van der Waals surface area (Å²) < 4.78 is 0. The summed E-state index contributed by atoms with van der Waals surface area (Å²) in [6, 6.07) is -0.256. The molecule has 0 fully saturated rings. The molecule has 4 N–H and O–H groups in total. The molecule has 0 aliphatic heterocycles. The normalized spacial score (nSPS) is 11.6. The third-order valence-corrected chi connectivity index (χ3v) is 3.13. The Labute approximate surface area is 114 Å². The van der Waals surface area contributed by atoms with Crippen molar-refractivity contribution in [2.45, 2.75) is 19.4 Å². The van der Waals surface area contributed by atoms with Crippen molar-refractivity contribution in [1.82, 2.24) is 15.6 Å². The summed E-state index contributed by atoms with van der Waals surface area (Å²) in [6.45, 7) is 1.91. The number of aromatic nitrogens is 1. The van der Waals surface area contributed by atoms with Gasteiger partial charge in [-0.25, -0.2) is 4.98 Å². The molecule has 1 rings (SSSR count). The van der Waals surface area contributed by atoms with Crippen LogP contribution in [0, 0.1) is 0 Å². The van der Waals surface area contributed by atoms with Crippen LogP contribution in [0.2, 0.25) is 0 Å². The number of rotatable bonds is 5. The van der Waals surface area contributed by atoms with Crippen LogP contribution in [-0.4, -0.2) is 28.3 Å². The molecule has 1 atom stereocenters. The van der Waals surface area contributed by atoms with Gasteiger partial charge in [-0.1, -0.05) is 19.1 Å². The molecule has 18 heavy (non-hydrogen) atoms. The van der Waals surface area contributed by atoms with E-state index < -0.39 is 11.8 Å². The lowest BCUT2D eigenvalue weighted by Crippen LogP contribution is -2.43. The zero-order valence-corrected chi connectivity index (χ0v) is 11.4. The summed E-state index contributed by atoms with van der Waals surface area (Å²) >= 11 is 6.03. The second kappa shape index (κ2) is 7.02. The summed E-state index contributed by atoms with van der Waals surface area (Å²) in [5.74, 6) is -1.47. The van der Waals surface area contributed by atoms with Crippen molar-refractivity contribution in [3.05, 3.63) is 16.6 Å². The van der Waals surface area contributed by atoms with Crippen molar-refractivity contribution in [1.29, 1.82) is 0 Å². The molecule has 1 unspecified atom stereocenters. The number of nitrogens with one attached hydrogen (secondary N) is 2. The van der Waals surface area contributed by atoms with Crippen LogP contribution in [0.3, 0.4) is 0 Å². The van der Waals surface area contributed by atoms with E-state index in [1.165, 1.54) is 11.3 Å². The molecule has 0 saturated heterocycles. The average molecular weight is 286 g/mol. The maximum atomic E-state index is 11.6. The van der Waals surface area contributed by atoms with Gasteiger partial charge in [-0.3, -0.25) is 9.59 Å². The number of amides is 2. The summed E-state index contributed by atoms with van der Waals surface area (Å²) in [5.41, 5.74) is 5.22. The Hall–Kier alpha value is -1.54. The van der Waals surface area contributed by atoms with Gasteiger partial charge in [0, 0.05) is 11.6 Å². The summed E-state index contributed by atoms with van der Waals surface area (Å²) in [6.07, 6.45) is 2.31. The Morgan fingerprint density at radius 2 is 2.28 bits per heavy atom. The minimum absolute atomic E-state index is 0.00955. The summed E-state index contributed by atoms with van der Waals surface area (Å²) in [5, 5.41) is 7.52. The molecule has 0 spiro atoms. The third-order valence-electron chi connectivity index (χ3n) is 2.09. The Morgan fingerprint density at radius 1 is 1.56 bits per heavy atom. The lowest BCUT2D eigenvalue weighted by atomic mass is 10.2. The van der Waals surface area contributed by atoms with Crippen LogP contribution >= 0.6 is 23.6 Å². The van der Waals surface area contributed by atoms with Gasteiger partial charge in [0.15, 0.2) is 0 Å². The van der Waals surface area contributed by atoms with Gasteiger partial charge in [0.05, 0.1) is 17.6 Å². The van der Waals surface area contributed by atoms with Gasteiger partial charge in [-0.05, 0) is 6.42 Å². The highest BCUT2D eigenvalue weighted by Crippen LogP contribution is 2.18. The predicted octanol–water partition coefficient (Wildman–Crippen LogP) is 0.113. The first-order valence-corrected chi connectivity index (χ1v) is 6.59. The highest BCUT2D eigenvalue weighted by Gasteiger charge is 2.19. The first kappa shape index (κ1) is 14.5. The molecule has 0 aliphatic carbocycles. The van der Waals surface area contributed by atoms with Gasteiger partial charge in [0.25, 0.3) is 0 Å². The number of carbonyl (C=O) groups excluding carboxylic acids is 2. The fraction of sp³-hybridized carbons (Fsp3) is 0.400. The lowest BCUT2D eigenvalue weighted by Gasteiger charge is -2.13. The number of nitrogens with zero attached hydrogens (tertiary/aromatic N) is 1. The maximum Gasteiger partial charge on any atom is 0.309 e. The smallest absolute Gasteiger partial charge is 0.309 e. The molecular formula is C10H14N4O2S2. The largest absolute Gasteiger partial charge is 0.392 e. The highest BCUT2D eigenvalue weighted by molar-refractivity contribution is 7.80. The number of thiazole rings is 1. The van der Waals surface area contributed by atoms with Crippen LogP contribution in [0.5, 0.6) is 0 Å². The number of nitrogens with two attached hydrogens (primary N) is 1. The van der Waals surface area contributed by atoms with E-state index in [4.69, 9.17) is 5.73 Å². The van der Waals surface area contributed by atoms with Crippen LogP contribution in [0.1, 0.15) is 24.4 Å². The lowest BCUT2D eigenvalue weighted by molar-refractivity contribution is -0.139. The number of hydrogen-bond donors (Lipinski definition) is 3. The monoisotopic (exact) mass is 286 g/mol. The van der Waals surface area contributed by atoms with E-state index in [0.29, 0.717) is 6.42 Å². The van der Waals surface area contributed by atoms with E-state index in [-0.39, 0.29) is 17.6 Å². The molecule has 1 aromatic rings. The molecule has 6 nitrogen and oxygen atoms in total. The summed E-state index contributed by atoms with van der Waals surface area (Å²) in [7, 11) is 0. The van der Waals surface area contributed by atoms with Crippen LogP contribution in [0.4, 0.5) is 0 Å². The third kappa shape index (κ3) is 4.38. The van der Waals surface area contributed by atoms with Crippen LogP contribution in [0.25, 0.3) is 0 Å². The zero-order chi connectivity index (χ0) is 13.5. The van der Waals surface area contributed by atoms with Crippen molar-refractivity contribution in [3.63, 3.8) is 0 Å². The average Bonchev–Trinajstić information content (AvgIpc) is 2.86. The molecule has 0 aliphatic rings. The Balaban J connectivity index is 2.52. The van der Waals surface area contributed by atoms with E-state index >= 15 is 0 Å². The highest BCUT2D eigenvalue weighted by atomic mass is 32.1. The predicted molar refractivity (Wildman–Crippen MR) is 73.1 cm³/mol. The van der Waals surface area contributed by atoms with Crippen LogP contribution in [0.15, 0.2) is 11.6 Å². The second-order valence-corrected chi connectivity index (χ2v) is 4.90. The van der Waals surface area contributed by atoms with E-state index in [0.717, 1.165) is 5.01 Å². The second-order valence-electron chi connectivity index (χ2n) is 3.45. The van der Waals surface area contributed by atoms with Crippen LogP contribution < -0.4 is 16.4 Å². The molecular weight excluding hydrogens is 272 g/mol. The van der Waals surface area contributed by atoms with Crippen molar-refractivity contribution >= 4 is 40.4 Å². The van der Waals surface area contributed by atoms with Crippen LogP contribution in [-0.2, 0) is 9.59 Å². The fourth-order valence-electron chi connectivity index (χ4n) is 1.22. The molecule has 0 aromatic carbocycles. The molecule has 1 aromatic heterocycles. The first-order chi connectivity index (χ1) is 8.54. The first-order valence-electron chi connectivity index (χ1n) is 5.31. The maximum absolute atomic E-state index is 11.6.